The second-order valence-corrected chi connectivity index (χ2v) is 8.66. The van der Waals surface area contributed by atoms with E-state index in [4.69, 9.17) is 26.0 Å². The third kappa shape index (κ3) is 3.34. The van der Waals surface area contributed by atoms with Gasteiger partial charge in [-0.2, -0.15) is 5.26 Å². The lowest BCUT2D eigenvalue weighted by molar-refractivity contribution is 0.136. The highest BCUT2D eigenvalue weighted by Gasteiger charge is 2.64. The molecule has 0 saturated carbocycles. The number of hydrogen-bond donors (Lipinski definition) is 1. The maximum Gasteiger partial charge on any atom is 0.364 e. The molecule has 1 N–H and O–H groups in total. The molecule has 1 aliphatic rings. The lowest BCUT2D eigenvalue weighted by atomic mass is 9.93. The highest BCUT2D eigenvalue weighted by Crippen LogP contribution is 2.70. The fourth-order valence-corrected chi connectivity index (χ4v) is 6.10. The molecule has 146 valence electrons. The standard InChI is InChI=1S/C20H21N2O4PS/c1-3-24-27(23,25-4-2)20(16-11-6-5-7-12-16)18(26-19(28)22-20)17-13-9-8-10-15(17)14-21/h5-13,18H,3-4H2,1-2H3,(H,22,28)/t18-,20-/m1/s1. The highest BCUT2D eigenvalue weighted by atomic mass is 32.1. The minimum absolute atomic E-state index is 0.0706. The summed E-state index contributed by atoms with van der Waals surface area (Å²) in [4.78, 5) is 0. The second-order valence-electron chi connectivity index (χ2n) is 6.07. The van der Waals surface area contributed by atoms with Crippen LogP contribution in [-0.2, 0) is 23.6 Å². The maximum absolute atomic E-state index is 14.1. The summed E-state index contributed by atoms with van der Waals surface area (Å²) < 4.78 is 31.5. The normalized spacial score (nSPS) is 21.6. The number of nitrogens with one attached hydrogen (secondary N) is 1. The molecule has 1 heterocycles. The Morgan fingerprint density at radius 2 is 1.75 bits per heavy atom. The third-order valence-electron chi connectivity index (χ3n) is 4.50. The highest BCUT2D eigenvalue weighted by molar-refractivity contribution is 7.80. The van der Waals surface area contributed by atoms with E-state index in [0.717, 1.165) is 0 Å². The Morgan fingerprint density at radius 1 is 1.14 bits per heavy atom. The summed E-state index contributed by atoms with van der Waals surface area (Å²) in [5, 5.41) is 11.3. The van der Waals surface area contributed by atoms with Crippen LogP contribution in [0.15, 0.2) is 54.6 Å². The molecule has 1 saturated heterocycles. The predicted molar refractivity (Wildman–Crippen MR) is 110 cm³/mol. The SMILES string of the molecule is CCOP(=O)(OCC)[C@@]1(c2ccccc2)NC(=S)O[C@@H]1c1ccccc1C#N. The Labute approximate surface area is 170 Å². The molecule has 3 rings (SSSR count). The molecule has 0 unspecified atom stereocenters. The average Bonchev–Trinajstić information content (AvgIpc) is 3.07. The number of rotatable bonds is 7. The van der Waals surface area contributed by atoms with Gasteiger partial charge in [-0.1, -0.05) is 48.5 Å². The van der Waals surface area contributed by atoms with Gasteiger partial charge in [0.15, 0.2) is 6.10 Å². The van der Waals surface area contributed by atoms with Crippen LogP contribution in [0.25, 0.3) is 0 Å². The van der Waals surface area contributed by atoms with Gasteiger partial charge in [-0.25, -0.2) is 0 Å². The zero-order chi connectivity index (χ0) is 20.2. The van der Waals surface area contributed by atoms with E-state index >= 15 is 0 Å². The van der Waals surface area contributed by atoms with Gasteiger partial charge in [0.1, 0.15) is 0 Å². The summed E-state index contributed by atoms with van der Waals surface area (Å²) >= 11 is 5.31. The molecule has 0 radical (unpaired) electrons. The summed E-state index contributed by atoms with van der Waals surface area (Å²) in [6.45, 7) is 3.84. The molecule has 28 heavy (non-hydrogen) atoms. The monoisotopic (exact) mass is 416 g/mol. The zero-order valence-corrected chi connectivity index (χ0v) is 17.3. The molecule has 2 aromatic carbocycles. The van der Waals surface area contributed by atoms with E-state index in [1.165, 1.54) is 0 Å². The number of ether oxygens (including phenoxy) is 1. The van der Waals surface area contributed by atoms with Crippen molar-refractivity contribution >= 4 is 25.0 Å². The number of benzene rings is 2. The minimum Gasteiger partial charge on any atom is -0.459 e. The van der Waals surface area contributed by atoms with Crippen molar-refractivity contribution in [1.29, 1.82) is 5.26 Å². The van der Waals surface area contributed by atoms with Crippen LogP contribution in [0.3, 0.4) is 0 Å². The van der Waals surface area contributed by atoms with Gasteiger partial charge in [-0.05, 0) is 37.7 Å². The number of nitrogens with zero attached hydrogens (tertiary/aromatic N) is 1. The Kier molecular flexibility index (Phi) is 6.17. The fraction of sp³-hybridized carbons (Fsp3) is 0.300. The zero-order valence-electron chi connectivity index (χ0n) is 15.6. The van der Waals surface area contributed by atoms with Gasteiger partial charge in [0.25, 0.3) is 5.17 Å². The van der Waals surface area contributed by atoms with Crippen LogP contribution in [0.2, 0.25) is 0 Å². The molecule has 2 atom stereocenters. The van der Waals surface area contributed by atoms with Crippen molar-refractivity contribution in [3.05, 3.63) is 71.3 Å². The molecule has 0 amide bonds. The van der Waals surface area contributed by atoms with Crippen molar-refractivity contribution in [3.63, 3.8) is 0 Å². The molecule has 2 aromatic rings. The van der Waals surface area contributed by atoms with E-state index in [1.807, 2.05) is 30.3 Å². The lowest BCUT2D eigenvalue weighted by Crippen LogP contribution is -2.43. The first-order valence-corrected chi connectivity index (χ1v) is 10.9. The van der Waals surface area contributed by atoms with E-state index < -0.39 is 19.0 Å². The molecule has 1 aliphatic heterocycles. The maximum atomic E-state index is 14.1. The summed E-state index contributed by atoms with van der Waals surface area (Å²) in [5.74, 6) is 0. The van der Waals surface area contributed by atoms with Gasteiger partial charge in [0, 0.05) is 5.56 Å². The largest absolute Gasteiger partial charge is 0.459 e. The van der Waals surface area contributed by atoms with Gasteiger partial charge in [0.05, 0.1) is 24.8 Å². The summed E-state index contributed by atoms with van der Waals surface area (Å²) in [7, 11) is -3.84. The molecular weight excluding hydrogens is 395 g/mol. The number of hydrogen-bond acceptors (Lipinski definition) is 6. The van der Waals surface area contributed by atoms with E-state index in [1.54, 1.807) is 38.1 Å². The van der Waals surface area contributed by atoms with Crippen LogP contribution in [0.4, 0.5) is 0 Å². The first kappa shape index (κ1) is 20.5. The van der Waals surface area contributed by atoms with Crippen molar-refractivity contribution in [2.24, 2.45) is 0 Å². The Morgan fingerprint density at radius 3 is 2.36 bits per heavy atom. The minimum atomic E-state index is -3.84. The number of thiocarbonyl (C=S) groups is 1. The smallest absolute Gasteiger partial charge is 0.364 e. The molecule has 6 nitrogen and oxygen atoms in total. The van der Waals surface area contributed by atoms with Crippen LogP contribution in [-0.4, -0.2) is 18.4 Å². The first-order valence-electron chi connectivity index (χ1n) is 8.95. The van der Waals surface area contributed by atoms with Gasteiger partial charge >= 0.3 is 7.60 Å². The van der Waals surface area contributed by atoms with Crippen molar-refractivity contribution in [1.82, 2.24) is 5.32 Å². The van der Waals surface area contributed by atoms with Gasteiger partial charge < -0.3 is 19.1 Å². The summed E-state index contributed by atoms with van der Waals surface area (Å²) in [6, 6.07) is 18.3. The molecule has 8 heteroatoms. The van der Waals surface area contributed by atoms with Crippen molar-refractivity contribution in [2.45, 2.75) is 25.2 Å². The summed E-state index contributed by atoms with van der Waals surface area (Å²) in [5.41, 5.74) is 1.59. The summed E-state index contributed by atoms with van der Waals surface area (Å²) in [6.07, 6.45) is -0.873. The van der Waals surface area contributed by atoms with Crippen LogP contribution in [0.5, 0.6) is 0 Å². The first-order chi connectivity index (χ1) is 13.5. The molecule has 0 spiro atoms. The van der Waals surface area contributed by atoms with Crippen molar-refractivity contribution < 1.29 is 18.3 Å². The Balaban J connectivity index is 2.32. The van der Waals surface area contributed by atoms with E-state index in [2.05, 4.69) is 11.4 Å². The van der Waals surface area contributed by atoms with Crippen molar-refractivity contribution in [3.8, 4) is 6.07 Å². The van der Waals surface area contributed by atoms with Crippen LogP contribution in [0.1, 0.15) is 36.6 Å². The molecular formula is C20H21N2O4PS. The fourth-order valence-electron chi connectivity index (χ4n) is 3.43. The quantitative estimate of drug-likeness (QED) is 0.521. The van der Waals surface area contributed by atoms with E-state index in [0.29, 0.717) is 16.7 Å². The number of nitriles is 1. The van der Waals surface area contributed by atoms with Crippen LogP contribution >= 0.6 is 19.8 Å². The Bertz CT molecular complexity index is 937. The third-order valence-corrected chi connectivity index (χ3v) is 7.37. The second kappa shape index (κ2) is 8.42. The molecule has 1 fully saturated rings. The molecule has 0 aromatic heterocycles. The van der Waals surface area contributed by atoms with Gasteiger partial charge in [-0.3, -0.25) is 4.57 Å². The van der Waals surface area contributed by atoms with Gasteiger partial charge in [-0.15, -0.1) is 0 Å². The molecule has 0 bridgehead atoms. The average molecular weight is 416 g/mol. The van der Waals surface area contributed by atoms with E-state index in [9.17, 15) is 9.83 Å². The van der Waals surface area contributed by atoms with E-state index in [-0.39, 0.29) is 18.4 Å². The van der Waals surface area contributed by atoms with Crippen molar-refractivity contribution in [2.75, 3.05) is 13.2 Å². The Hall–Kier alpha value is -2.23. The lowest BCUT2D eigenvalue weighted by Gasteiger charge is -2.38. The molecule has 0 aliphatic carbocycles. The predicted octanol–water partition coefficient (Wildman–Crippen LogP) is 4.62. The van der Waals surface area contributed by atoms with Crippen LogP contribution in [0, 0.1) is 11.3 Å². The topological polar surface area (TPSA) is 80.6 Å². The van der Waals surface area contributed by atoms with Crippen LogP contribution < -0.4 is 5.32 Å². The van der Waals surface area contributed by atoms with Gasteiger partial charge in [0.2, 0.25) is 5.28 Å².